The topological polar surface area (TPSA) is 62.7 Å². The van der Waals surface area contributed by atoms with Crippen molar-refractivity contribution in [1.82, 2.24) is 4.98 Å². The predicted octanol–water partition coefficient (Wildman–Crippen LogP) is 1.52. The van der Waals surface area contributed by atoms with Crippen LogP contribution in [-0.4, -0.2) is 11.2 Å². The molecule has 1 heterocycles. The maximum atomic E-state index is 12.1. The third-order valence-electron chi connectivity index (χ3n) is 1.56. The smallest absolute Gasteiger partial charge is 0.315 e. The summed E-state index contributed by atoms with van der Waals surface area (Å²) < 4.78 is 36.4. The quantitative estimate of drug-likeness (QED) is 0.749. The minimum Gasteiger partial charge on any atom is -0.315 e. The van der Waals surface area contributed by atoms with Crippen molar-refractivity contribution < 1.29 is 13.2 Å². The number of nitriles is 1. The Morgan fingerprint density at radius 3 is 2.57 bits per heavy atom. The van der Waals surface area contributed by atoms with Crippen LogP contribution in [0, 0.1) is 11.3 Å². The molecule has 74 valence electrons. The predicted molar refractivity (Wildman–Crippen MR) is 41.9 cm³/mol. The number of pyridine rings is 1. The van der Waals surface area contributed by atoms with Crippen molar-refractivity contribution in [3.63, 3.8) is 0 Å². The summed E-state index contributed by atoms with van der Waals surface area (Å²) in [6.07, 6.45) is -4.54. The summed E-state index contributed by atoms with van der Waals surface area (Å²) in [6, 6.07) is 3.26. The Kier molecular flexibility index (Phi) is 2.72. The molecule has 0 saturated heterocycles. The van der Waals surface area contributed by atoms with Crippen molar-refractivity contribution >= 4 is 0 Å². The van der Waals surface area contributed by atoms with E-state index in [1.54, 1.807) is 6.07 Å². The Hall–Kier alpha value is -1.61. The minimum atomic E-state index is -4.54. The Morgan fingerprint density at radius 1 is 1.43 bits per heavy atom. The van der Waals surface area contributed by atoms with Gasteiger partial charge in [0.25, 0.3) is 0 Å². The van der Waals surface area contributed by atoms with Gasteiger partial charge in [-0.25, -0.2) is 4.98 Å². The zero-order chi connectivity index (χ0) is 10.8. The molecule has 14 heavy (non-hydrogen) atoms. The minimum absolute atomic E-state index is 0.0813. The molecule has 1 atom stereocenters. The first-order valence-electron chi connectivity index (χ1n) is 3.64. The van der Waals surface area contributed by atoms with Gasteiger partial charge in [0.2, 0.25) is 0 Å². The Morgan fingerprint density at radius 2 is 2.07 bits per heavy atom. The van der Waals surface area contributed by atoms with Crippen molar-refractivity contribution in [3.8, 4) is 6.07 Å². The fourth-order valence-electron chi connectivity index (χ4n) is 0.855. The highest BCUT2D eigenvalue weighted by molar-refractivity contribution is 5.23. The number of hydrogen-bond donors (Lipinski definition) is 1. The van der Waals surface area contributed by atoms with Crippen molar-refractivity contribution in [1.29, 1.82) is 5.26 Å². The summed E-state index contributed by atoms with van der Waals surface area (Å²) in [7, 11) is 0. The molecule has 1 aromatic rings. The second kappa shape index (κ2) is 3.64. The third kappa shape index (κ3) is 2.20. The summed E-state index contributed by atoms with van der Waals surface area (Å²) in [4.78, 5) is 3.45. The molecule has 6 heteroatoms. The number of nitrogens with two attached hydrogens (primary N) is 1. The normalized spacial score (nSPS) is 13.4. The van der Waals surface area contributed by atoms with E-state index in [0.717, 1.165) is 6.07 Å². The molecule has 0 spiro atoms. The number of nitrogens with zero attached hydrogens (tertiary/aromatic N) is 2. The van der Waals surface area contributed by atoms with E-state index in [4.69, 9.17) is 11.0 Å². The van der Waals surface area contributed by atoms with Crippen molar-refractivity contribution in [2.24, 2.45) is 5.73 Å². The van der Waals surface area contributed by atoms with Crippen LogP contribution in [0.4, 0.5) is 13.2 Å². The maximum Gasteiger partial charge on any atom is 0.409 e. The molecular formula is C8H6F3N3. The summed E-state index contributed by atoms with van der Waals surface area (Å²) >= 11 is 0. The van der Waals surface area contributed by atoms with Crippen LogP contribution in [-0.2, 0) is 0 Å². The third-order valence-corrected chi connectivity index (χ3v) is 1.56. The molecule has 0 aromatic carbocycles. The van der Waals surface area contributed by atoms with Crippen LogP contribution >= 0.6 is 0 Å². The van der Waals surface area contributed by atoms with Crippen LogP contribution in [0.2, 0.25) is 0 Å². The Bertz CT molecular complexity index is 367. The lowest BCUT2D eigenvalue weighted by molar-refractivity contribution is -0.150. The van der Waals surface area contributed by atoms with E-state index < -0.39 is 12.2 Å². The average Bonchev–Trinajstić information content (AvgIpc) is 2.15. The Labute approximate surface area is 78.0 Å². The zero-order valence-corrected chi connectivity index (χ0v) is 6.92. The van der Waals surface area contributed by atoms with Gasteiger partial charge in [0.15, 0.2) is 0 Å². The summed E-state index contributed by atoms with van der Waals surface area (Å²) in [5, 5.41) is 8.41. The van der Waals surface area contributed by atoms with Crippen molar-refractivity contribution in [2.45, 2.75) is 12.2 Å². The van der Waals surface area contributed by atoms with Crippen molar-refractivity contribution in [3.05, 3.63) is 29.6 Å². The SMILES string of the molecule is N#Cc1cccc([C@H](N)C(F)(F)F)n1. The van der Waals surface area contributed by atoms with Gasteiger partial charge in [-0.2, -0.15) is 18.4 Å². The van der Waals surface area contributed by atoms with Gasteiger partial charge >= 0.3 is 6.18 Å². The lowest BCUT2D eigenvalue weighted by Crippen LogP contribution is -2.29. The Balaban J connectivity index is 3.03. The second-order valence-electron chi connectivity index (χ2n) is 2.58. The lowest BCUT2D eigenvalue weighted by atomic mass is 10.2. The van der Waals surface area contributed by atoms with E-state index in [-0.39, 0.29) is 11.4 Å². The number of rotatable bonds is 1. The lowest BCUT2D eigenvalue weighted by Gasteiger charge is -2.14. The van der Waals surface area contributed by atoms with E-state index in [0.29, 0.717) is 0 Å². The largest absolute Gasteiger partial charge is 0.409 e. The molecule has 0 fully saturated rings. The highest BCUT2D eigenvalue weighted by Crippen LogP contribution is 2.29. The van der Waals surface area contributed by atoms with E-state index in [2.05, 4.69) is 4.98 Å². The second-order valence-corrected chi connectivity index (χ2v) is 2.58. The first-order valence-corrected chi connectivity index (χ1v) is 3.64. The fourth-order valence-corrected chi connectivity index (χ4v) is 0.855. The molecule has 0 unspecified atom stereocenters. The van der Waals surface area contributed by atoms with Crippen molar-refractivity contribution in [2.75, 3.05) is 0 Å². The molecular weight excluding hydrogens is 195 g/mol. The maximum absolute atomic E-state index is 12.1. The van der Waals surface area contributed by atoms with Gasteiger partial charge in [-0.05, 0) is 12.1 Å². The van der Waals surface area contributed by atoms with Gasteiger partial charge in [0.05, 0.1) is 5.69 Å². The first-order chi connectivity index (χ1) is 6.45. The van der Waals surface area contributed by atoms with Crippen LogP contribution in [0.1, 0.15) is 17.4 Å². The van der Waals surface area contributed by atoms with Gasteiger partial charge in [0.1, 0.15) is 17.8 Å². The summed E-state index contributed by atoms with van der Waals surface area (Å²) in [6.45, 7) is 0. The molecule has 0 aliphatic carbocycles. The van der Waals surface area contributed by atoms with Gasteiger partial charge in [-0.15, -0.1) is 0 Å². The molecule has 1 rings (SSSR count). The molecule has 0 aliphatic rings. The number of alkyl halides is 3. The molecule has 0 saturated carbocycles. The zero-order valence-electron chi connectivity index (χ0n) is 6.92. The van der Waals surface area contributed by atoms with Crippen LogP contribution in [0.3, 0.4) is 0 Å². The highest BCUT2D eigenvalue weighted by atomic mass is 19.4. The fraction of sp³-hybridized carbons (Fsp3) is 0.250. The summed E-state index contributed by atoms with van der Waals surface area (Å²) in [5.74, 6) is 0. The van der Waals surface area contributed by atoms with Gasteiger partial charge in [0, 0.05) is 0 Å². The van der Waals surface area contributed by atoms with E-state index in [9.17, 15) is 13.2 Å². The van der Waals surface area contributed by atoms with E-state index in [1.165, 1.54) is 12.1 Å². The van der Waals surface area contributed by atoms with E-state index in [1.807, 2.05) is 0 Å². The van der Waals surface area contributed by atoms with Gasteiger partial charge < -0.3 is 5.73 Å². The molecule has 2 N–H and O–H groups in total. The van der Waals surface area contributed by atoms with Gasteiger partial charge in [-0.1, -0.05) is 6.07 Å². The van der Waals surface area contributed by atoms with Crippen LogP contribution in [0.25, 0.3) is 0 Å². The molecule has 0 bridgehead atoms. The van der Waals surface area contributed by atoms with Crippen LogP contribution in [0.15, 0.2) is 18.2 Å². The summed E-state index contributed by atoms with van der Waals surface area (Å²) in [5.41, 5.74) is 4.47. The highest BCUT2D eigenvalue weighted by Gasteiger charge is 2.38. The van der Waals surface area contributed by atoms with Crippen LogP contribution < -0.4 is 5.73 Å². The number of halogens is 3. The number of hydrogen-bond acceptors (Lipinski definition) is 3. The molecule has 0 aliphatic heterocycles. The molecule has 0 amide bonds. The first kappa shape index (κ1) is 10.5. The van der Waals surface area contributed by atoms with Crippen LogP contribution in [0.5, 0.6) is 0 Å². The van der Waals surface area contributed by atoms with E-state index >= 15 is 0 Å². The molecule has 3 nitrogen and oxygen atoms in total. The molecule has 1 aromatic heterocycles. The monoisotopic (exact) mass is 201 g/mol. The number of aromatic nitrogens is 1. The van der Waals surface area contributed by atoms with Gasteiger partial charge in [-0.3, -0.25) is 0 Å². The average molecular weight is 201 g/mol. The molecule has 0 radical (unpaired) electrons. The standard InChI is InChI=1S/C8H6F3N3/c9-8(10,11)7(13)6-3-1-2-5(4-12)14-6/h1-3,7H,13H2/t7-/m0/s1.